The average molecular weight is 673 g/mol. The van der Waals surface area contributed by atoms with Gasteiger partial charge in [-0.05, 0) is 66.7 Å². The fourth-order valence-electron chi connectivity index (χ4n) is 8.01. The van der Waals surface area contributed by atoms with Crippen LogP contribution in [0.4, 0.5) is 0 Å². The van der Waals surface area contributed by atoms with Crippen molar-refractivity contribution in [2.75, 3.05) is 74.0 Å². The van der Waals surface area contributed by atoms with E-state index in [0.717, 1.165) is 4.90 Å². The molecule has 4 rings (SSSR count). The van der Waals surface area contributed by atoms with Gasteiger partial charge in [0.2, 0.25) is 23.6 Å². The van der Waals surface area contributed by atoms with Crippen molar-refractivity contribution in [1.82, 2.24) is 40.9 Å². The molecule has 4 N–H and O–H groups in total. The van der Waals surface area contributed by atoms with Crippen LogP contribution in [0.15, 0.2) is 12.3 Å². The number of amides is 4. The Morgan fingerprint density at radius 2 is 1.15 bits per heavy atom. The van der Waals surface area contributed by atoms with Crippen LogP contribution in [0.1, 0.15) is 38.5 Å². The van der Waals surface area contributed by atoms with Gasteiger partial charge in [0, 0.05) is 25.8 Å². The van der Waals surface area contributed by atoms with Crippen LogP contribution >= 0.6 is 0 Å². The minimum Gasteiger partial charge on any atom is -0.332 e. The van der Waals surface area contributed by atoms with Gasteiger partial charge in [-0.1, -0.05) is 6.08 Å². The molecule has 4 aliphatic heterocycles. The van der Waals surface area contributed by atoms with Gasteiger partial charge >= 0.3 is 0 Å². The Hall–Kier alpha value is -3.86. The molecule has 264 valence electrons. The molecule has 16 heteroatoms. The lowest BCUT2D eigenvalue weighted by Gasteiger charge is -2.47. The smallest absolute Gasteiger partial charge is 0.241 e. The Kier molecular flexibility index (Phi) is 12.0. The number of hydrogen-bond acceptors (Lipinski definition) is 12. The third-order valence-electron chi connectivity index (χ3n) is 10.1. The summed E-state index contributed by atoms with van der Waals surface area (Å²) in [4.78, 5) is 118. The zero-order valence-electron chi connectivity index (χ0n) is 28.2. The van der Waals surface area contributed by atoms with E-state index >= 15 is 14.4 Å². The van der Waals surface area contributed by atoms with Crippen LogP contribution in [-0.4, -0.2) is 165 Å². The van der Waals surface area contributed by atoms with Gasteiger partial charge in [0.1, 0.15) is 5.41 Å². The summed E-state index contributed by atoms with van der Waals surface area (Å²) in [6.45, 7) is -0.469. The van der Waals surface area contributed by atoms with Crippen LogP contribution in [0.3, 0.4) is 0 Å². The lowest BCUT2D eigenvalue weighted by atomic mass is 9.58. The Labute approximate surface area is 280 Å². The van der Waals surface area contributed by atoms with Crippen molar-refractivity contribution < 1.29 is 38.4 Å². The number of nitrogens with one attached hydrogen (secondary N) is 4. The summed E-state index contributed by atoms with van der Waals surface area (Å²) < 4.78 is 0. The molecule has 0 aromatic rings. The standard InChI is InChI=1S/C32H48N8O8/c1-33-16-24(42)37-12-5-8-21(37)28(46)31(29(47)22-9-6-13-38(22)25(43)17-34-2)11-15-40(27(45)19-36-4)32(31,20-41)30(48)23-10-7-14-39(23)26(44)18-35-3/h5,12,20-23,33-36H,6-11,13-19H2,1-4H3/t21-,22+,23-,31?,32-/m0/s1. The van der Waals surface area contributed by atoms with E-state index in [0.29, 0.717) is 12.8 Å². The van der Waals surface area contributed by atoms with Crippen molar-refractivity contribution in [3.05, 3.63) is 12.3 Å². The first-order chi connectivity index (χ1) is 23.0. The first-order valence-electron chi connectivity index (χ1n) is 16.6. The Bertz CT molecular complexity index is 1340. The molecule has 0 spiro atoms. The topological polar surface area (TPSA) is 198 Å². The number of likely N-dealkylation sites (tertiary alicyclic amines) is 3. The molecule has 5 atom stereocenters. The van der Waals surface area contributed by atoms with E-state index < -0.39 is 70.1 Å². The van der Waals surface area contributed by atoms with Crippen LogP contribution in [0.5, 0.6) is 0 Å². The fourth-order valence-corrected chi connectivity index (χ4v) is 8.01. The number of Topliss-reactive ketones (excluding diaryl/α,β-unsaturated/α-hetero) is 3. The number of hydrogen-bond donors (Lipinski definition) is 4. The van der Waals surface area contributed by atoms with Crippen molar-refractivity contribution in [2.45, 2.75) is 62.2 Å². The Balaban J connectivity index is 1.97. The van der Waals surface area contributed by atoms with Crippen molar-refractivity contribution in [1.29, 1.82) is 0 Å². The summed E-state index contributed by atoms with van der Waals surface area (Å²) in [5.74, 6) is -4.51. The van der Waals surface area contributed by atoms with E-state index in [9.17, 15) is 24.0 Å². The van der Waals surface area contributed by atoms with E-state index in [1.807, 2.05) is 0 Å². The second kappa shape index (κ2) is 15.6. The fraction of sp³-hybridized carbons (Fsp3) is 0.688. The number of carbonyl (C=O) groups excluding carboxylic acids is 8. The molecule has 3 fully saturated rings. The molecule has 0 aliphatic carbocycles. The van der Waals surface area contributed by atoms with Crippen molar-refractivity contribution >= 4 is 47.3 Å². The highest BCUT2D eigenvalue weighted by Gasteiger charge is 2.75. The number of rotatable bonds is 15. The molecule has 1 unspecified atom stereocenters. The van der Waals surface area contributed by atoms with Crippen LogP contribution in [-0.2, 0) is 38.4 Å². The molecular formula is C32H48N8O8. The number of nitrogens with zero attached hydrogens (tertiary/aromatic N) is 4. The molecule has 4 heterocycles. The summed E-state index contributed by atoms with van der Waals surface area (Å²) >= 11 is 0. The van der Waals surface area contributed by atoms with Gasteiger partial charge in [0.25, 0.3) is 0 Å². The van der Waals surface area contributed by atoms with Crippen molar-refractivity contribution in [2.24, 2.45) is 5.41 Å². The molecule has 0 bridgehead atoms. The van der Waals surface area contributed by atoms with Gasteiger partial charge in [0.05, 0.1) is 44.3 Å². The highest BCUT2D eigenvalue weighted by molar-refractivity contribution is 6.25. The normalized spacial score (nSPS) is 28.3. The summed E-state index contributed by atoms with van der Waals surface area (Å²) in [7, 11) is 6.24. The van der Waals surface area contributed by atoms with E-state index in [-0.39, 0.29) is 77.8 Å². The summed E-state index contributed by atoms with van der Waals surface area (Å²) in [5, 5.41) is 11.1. The average Bonchev–Trinajstić information content (AvgIpc) is 3.89. The van der Waals surface area contributed by atoms with E-state index in [2.05, 4.69) is 21.3 Å². The zero-order chi connectivity index (χ0) is 35.2. The molecule has 3 saturated heterocycles. The third-order valence-corrected chi connectivity index (χ3v) is 10.1. The molecular weight excluding hydrogens is 624 g/mol. The predicted molar refractivity (Wildman–Crippen MR) is 172 cm³/mol. The minimum absolute atomic E-state index is 0.0141. The van der Waals surface area contributed by atoms with E-state index in [1.165, 1.54) is 27.9 Å². The summed E-state index contributed by atoms with van der Waals surface area (Å²) in [6.07, 6.45) is 4.12. The van der Waals surface area contributed by atoms with Crippen LogP contribution in [0.2, 0.25) is 0 Å². The highest BCUT2D eigenvalue weighted by Crippen LogP contribution is 2.52. The van der Waals surface area contributed by atoms with Gasteiger partial charge < -0.3 is 45.7 Å². The molecule has 0 saturated carbocycles. The van der Waals surface area contributed by atoms with Gasteiger partial charge in [-0.3, -0.25) is 33.6 Å². The number of aldehydes is 1. The molecule has 4 amide bonds. The number of ketones is 3. The highest BCUT2D eigenvalue weighted by atomic mass is 16.2. The largest absolute Gasteiger partial charge is 0.332 e. The Morgan fingerprint density at radius 3 is 1.67 bits per heavy atom. The zero-order valence-corrected chi connectivity index (χ0v) is 28.2. The predicted octanol–water partition coefficient (Wildman–Crippen LogP) is -3.18. The van der Waals surface area contributed by atoms with E-state index in [1.54, 1.807) is 27.2 Å². The molecule has 0 aromatic carbocycles. The number of likely N-dealkylation sites (N-methyl/N-ethyl adjacent to an activating group) is 4. The molecule has 16 nitrogen and oxygen atoms in total. The quantitative estimate of drug-likeness (QED) is 0.101. The maximum Gasteiger partial charge on any atom is 0.241 e. The number of carbonyl (C=O) groups is 8. The third kappa shape index (κ3) is 6.10. The van der Waals surface area contributed by atoms with Crippen molar-refractivity contribution in [3.8, 4) is 0 Å². The van der Waals surface area contributed by atoms with Crippen LogP contribution < -0.4 is 21.3 Å². The molecule has 48 heavy (non-hydrogen) atoms. The van der Waals surface area contributed by atoms with Gasteiger partial charge in [-0.15, -0.1) is 0 Å². The molecule has 0 radical (unpaired) electrons. The van der Waals surface area contributed by atoms with Gasteiger partial charge in [-0.2, -0.15) is 0 Å². The second-order valence-electron chi connectivity index (χ2n) is 12.7. The summed E-state index contributed by atoms with van der Waals surface area (Å²) in [6, 6.07) is -3.62. The van der Waals surface area contributed by atoms with Gasteiger partial charge in [0.15, 0.2) is 29.2 Å². The first-order valence-corrected chi connectivity index (χ1v) is 16.6. The Morgan fingerprint density at radius 1 is 0.667 bits per heavy atom. The maximum absolute atomic E-state index is 15.3. The second-order valence-corrected chi connectivity index (χ2v) is 12.7. The maximum atomic E-state index is 15.3. The van der Waals surface area contributed by atoms with E-state index in [4.69, 9.17) is 0 Å². The molecule has 0 aromatic heterocycles. The lowest BCUT2D eigenvalue weighted by Crippen LogP contribution is -2.73. The van der Waals surface area contributed by atoms with Gasteiger partial charge in [-0.25, -0.2) is 0 Å². The first kappa shape index (κ1) is 37.0. The SMILES string of the molecule is CNCC(=O)N1C=CC[C@H]1C(=O)C1(C(=O)[C@H]2CCCN2C(=O)CNC)CCN(C(=O)CNC)[C@@]1(C=O)C(=O)[C@@H]1CCCN1C(=O)CNC. The van der Waals surface area contributed by atoms with Crippen LogP contribution in [0, 0.1) is 5.41 Å². The van der Waals surface area contributed by atoms with Crippen molar-refractivity contribution in [3.63, 3.8) is 0 Å². The molecule has 4 aliphatic rings. The summed E-state index contributed by atoms with van der Waals surface area (Å²) in [5.41, 5.74) is -5.11. The van der Waals surface area contributed by atoms with Crippen LogP contribution in [0.25, 0.3) is 0 Å². The minimum atomic E-state index is -2.65. The lowest BCUT2D eigenvalue weighted by molar-refractivity contribution is -0.167. The monoisotopic (exact) mass is 672 g/mol.